The Hall–Kier alpha value is -3.11. The van der Waals surface area contributed by atoms with Gasteiger partial charge in [0.1, 0.15) is 17.9 Å². The number of aryl methyl sites for hydroxylation is 2. The van der Waals surface area contributed by atoms with E-state index in [-0.39, 0.29) is 37.3 Å². The third-order valence-corrected chi connectivity index (χ3v) is 5.82. The molecule has 10 heteroatoms. The van der Waals surface area contributed by atoms with Gasteiger partial charge in [0.25, 0.3) is 0 Å². The van der Waals surface area contributed by atoms with E-state index in [1.807, 2.05) is 0 Å². The smallest absolute Gasteiger partial charge is 0.409 e. The third kappa shape index (κ3) is 6.27. The normalized spacial score (nSPS) is 14.4. The quantitative estimate of drug-likeness (QED) is 0.330. The molecule has 0 bridgehead atoms. The number of piperazine rings is 1. The second kappa shape index (κ2) is 11.8. The summed E-state index contributed by atoms with van der Waals surface area (Å²) in [5.41, 5.74) is 1.64. The van der Waals surface area contributed by atoms with Crippen LogP contribution in [-0.4, -0.2) is 80.1 Å². The number of aromatic hydroxyl groups is 1. The Bertz CT molecular complexity index is 1070. The first-order valence-corrected chi connectivity index (χ1v) is 11.4. The van der Waals surface area contributed by atoms with Gasteiger partial charge in [-0.15, -0.1) is 0 Å². The van der Waals surface area contributed by atoms with Crippen molar-refractivity contribution >= 4 is 23.0 Å². The van der Waals surface area contributed by atoms with Gasteiger partial charge in [0.2, 0.25) is 0 Å². The standard InChI is InChI=1S/C24H32N2O8/c1-4-32-24(30)26-9-7-25(8-10-26)15-19-22(29)17(5-6-20(27)33-12-11-31-3)14-18-16(2)13-21(28)34-23(18)19/h13-14,29H,4-12,15H2,1-3H3. The largest absolute Gasteiger partial charge is 0.507 e. The molecule has 1 aromatic carbocycles. The van der Waals surface area contributed by atoms with Crippen LogP contribution in [0.3, 0.4) is 0 Å². The summed E-state index contributed by atoms with van der Waals surface area (Å²) in [7, 11) is 1.53. The van der Waals surface area contributed by atoms with Crippen molar-refractivity contribution in [1.29, 1.82) is 0 Å². The Morgan fingerprint density at radius 3 is 2.53 bits per heavy atom. The van der Waals surface area contributed by atoms with Crippen molar-refractivity contribution in [1.82, 2.24) is 9.80 Å². The highest BCUT2D eigenvalue weighted by Crippen LogP contribution is 2.34. The maximum Gasteiger partial charge on any atom is 0.409 e. The highest BCUT2D eigenvalue weighted by atomic mass is 16.6. The van der Waals surface area contributed by atoms with E-state index in [1.54, 1.807) is 24.8 Å². The van der Waals surface area contributed by atoms with Gasteiger partial charge in [-0.3, -0.25) is 9.69 Å². The van der Waals surface area contributed by atoms with Crippen molar-refractivity contribution in [3.63, 3.8) is 0 Å². The van der Waals surface area contributed by atoms with E-state index < -0.39 is 5.63 Å². The van der Waals surface area contributed by atoms with Crippen molar-refractivity contribution in [2.24, 2.45) is 0 Å². The van der Waals surface area contributed by atoms with Crippen molar-refractivity contribution in [2.45, 2.75) is 33.2 Å². The van der Waals surface area contributed by atoms with Gasteiger partial charge in [0, 0.05) is 57.7 Å². The number of esters is 1. The second-order valence-electron chi connectivity index (χ2n) is 8.16. The molecule has 0 saturated carbocycles. The van der Waals surface area contributed by atoms with Crippen LogP contribution in [0.15, 0.2) is 21.3 Å². The molecule has 2 heterocycles. The molecule has 0 spiro atoms. The Morgan fingerprint density at radius 2 is 1.85 bits per heavy atom. The minimum atomic E-state index is -0.493. The van der Waals surface area contributed by atoms with Crippen LogP contribution in [-0.2, 0) is 32.0 Å². The first-order valence-electron chi connectivity index (χ1n) is 11.4. The van der Waals surface area contributed by atoms with Crippen molar-refractivity contribution in [3.8, 4) is 5.75 Å². The lowest BCUT2D eigenvalue weighted by atomic mass is 9.98. The highest BCUT2D eigenvalue weighted by molar-refractivity contribution is 5.86. The average Bonchev–Trinajstić information content (AvgIpc) is 2.81. The molecule has 1 aromatic heterocycles. The number of amides is 1. The molecule has 1 fully saturated rings. The van der Waals surface area contributed by atoms with Gasteiger partial charge in [0.15, 0.2) is 0 Å². The van der Waals surface area contributed by atoms with Gasteiger partial charge in [-0.05, 0) is 37.5 Å². The van der Waals surface area contributed by atoms with Crippen LogP contribution in [0.25, 0.3) is 11.0 Å². The number of carbonyl (C=O) groups is 2. The van der Waals surface area contributed by atoms with Gasteiger partial charge in [-0.2, -0.15) is 0 Å². The number of benzene rings is 1. The number of hydrogen-bond acceptors (Lipinski definition) is 9. The van der Waals surface area contributed by atoms with Crippen LogP contribution >= 0.6 is 0 Å². The summed E-state index contributed by atoms with van der Waals surface area (Å²) in [5.74, 6) is -0.386. The van der Waals surface area contributed by atoms with Gasteiger partial charge in [-0.1, -0.05) is 0 Å². The fourth-order valence-corrected chi connectivity index (χ4v) is 3.98. The molecule has 0 unspecified atom stereocenters. The topological polar surface area (TPSA) is 119 Å². The Labute approximate surface area is 198 Å². The lowest BCUT2D eigenvalue weighted by molar-refractivity contribution is -0.144. The van der Waals surface area contributed by atoms with Crippen LogP contribution in [0.5, 0.6) is 5.75 Å². The summed E-state index contributed by atoms with van der Waals surface area (Å²) in [6.45, 7) is 6.86. The molecule has 3 rings (SSSR count). The van der Waals surface area contributed by atoms with Crippen LogP contribution in [0.2, 0.25) is 0 Å². The van der Waals surface area contributed by atoms with E-state index in [2.05, 4.69) is 4.90 Å². The molecule has 2 aromatic rings. The maximum absolute atomic E-state index is 12.1. The maximum atomic E-state index is 12.1. The first kappa shape index (κ1) is 25.5. The molecule has 34 heavy (non-hydrogen) atoms. The molecular formula is C24H32N2O8. The van der Waals surface area contributed by atoms with E-state index in [9.17, 15) is 19.5 Å². The zero-order chi connectivity index (χ0) is 24.7. The number of phenols is 1. The zero-order valence-electron chi connectivity index (χ0n) is 19.9. The molecule has 0 aliphatic carbocycles. The van der Waals surface area contributed by atoms with Crippen LogP contribution in [0.4, 0.5) is 4.79 Å². The van der Waals surface area contributed by atoms with E-state index in [0.29, 0.717) is 68.0 Å². The Kier molecular flexibility index (Phi) is 8.89. The molecule has 1 saturated heterocycles. The number of rotatable bonds is 9. The van der Waals surface area contributed by atoms with E-state index >= 15 is 0 Å². The fraction of sp³-hybridized carbons (Fsp3) is 0.542. The minimum Gasteiger partial charge on any atom is -0.507 e. The van der Waals surface area contributed by atoms with Crippen LogP contribution in [0.1, 0.15) is 30.0 Å². The zero-order valence-corrected chi connectivity index (χ0v) is 19.9. The van der Waals surface area contributed by atoms with E-state index in [1.165, 1.54) is 13.2 Å². The number of phenolic OH excluding ortho intramolecular Hbond substituents is 1. The predicted octanol–water partition coefficient (Wildman–Crippen LogP) is 2.20. The molecule has 0 atom stereocenters. The Morgan fingerprint density at radius 1 is 1.12 bits per heavy atom. The molecule has 1 aliphatic heterocycles. The fourth-order valence-electron chi connectivity index (χ4n) is 3.98. The molecule has 186 valence electrons. The number of fused-ring (bicyclic) bond motifs is 1. The number of ether oxygens (including phenoxy) is 3. The summed E-state index contributed by atoms with van der Waals surface area (Å²) < 4.78 is 20.6. The molecule has 10 nitrogen and oxygen atoms in total. The summed E-state index contributed by atoms with van der Waals surface area (Å²) in [5, 5.41) is 11.8. The monoisotopic (exact) mass is 476 g/mol. The first-order chi connectivity index (χ1) is 16.3. The molecule has 0 radical (unpaired) electrons. The minimum absolute atomic E-state index is 0.00114. The van der Waals surface area contributed by atoms with Crippen molar-refractivity contribution in [3.05, 3.63) is 39.2 Å². The third-order valence-electron chi connectivity index (χ3n) is 5.82. The molecule has 1 amide bonds. The van der Waals surface area contributed by atoms with Gasteiger partial charge in [0.05, 0.1) is 18.8 Å². The van der Waals surface area contributed by atoms with E-state index in [0.717, 1.165) is 5.56 Å². The lowest BCUT2D eigenvalue weighted by Crippen LogP contribution is -2.48. The summed E-state index contributed by atoms with van der Waals surface area (Å²) >= 11 is 0. The molecular weight excluding hydrogens is 444 g/mol. The number of hydrogen-bond donors (Lipinski definition) is 1. The summed E-state index contributed by atoms with van der Waals surface area (Å²) in [6, 6.07) is 3.16. The van der Waals surface area contributed by atoms with Crippen molar-refractivity contribution < 1.29 is 33.3 Å². The van der Waals surface area contributed by atoms with Crippen molar-refractivity contribution in [2.75, 3.05) is 53.1 Å². The number of nitrogens with zero attached hydrogens (tertiary/aromatic N) is 2. The van der Waals surface area contributed by atoms with Gasteiger partial charge >= 0.3 is 17.7 Å². The van der Waals surface area contributed by atoms with Gasteiger partial charge < -0.3 is 28.6 Å². The average molecular weight is 477 g/mol. The number of carbonyl (C=O) groups excluding carboxylic acids is 2. The lowest BCUT2D eigenvalue weighted by Gasteiger charge is -2.34. The van der Waals surface area contributed by atoms with Crippen LogP contribution in [0, 0.1) is 6.92 Å². The van der Waals surface area contributed by atoms with Gasteiger partial charge in [-0.25, -0.2) is 9.59 Å². The van der Waals surface area contributed by atoms with Crippen LogP contribution < -0.4 is 5.63 Å². The summed E-state index contributed by atoms with van der Waals surface area (Å²) in [6.07, 6.45) is 0.0305. The molecule has 1 N–H and O–H groups in total. The van der Waals surface area contributed by atoms with E-state index in [4.69, 9.17) is 18.6 Å². The predicted molar refractivity (Wildman–Crippen MR) is 124 cm³/mol. The molecule has 1 aliphatic rings. The summed E-state index contributed by atoms with van der Waals surface area (Å²) in [4.78, 5) is 39.8. The Balaban J connectivity index is 1.82. The SMILES string of the molecule is CCOC(=O)N1CCN(Cc2c(O)c(CCC(=O)OCCOC)cc3c(C)cc(=O)oc23)CC1. The highest BCUT2D eigenvalue weighted by Gasteiger charge is 2.25. The number of methoxy groups -OCH3 is 1. The second-order valence-corrected chi connectivity index (χ2v) is 8.16.